The third-order valence-corrected chi connectivity index (χ3v) is 5.17. The molecule has 1 N–H and O–H groups in total. The summed E-state index contributed by atoms with van der Waals surface area (Å²) in [5.74, 6) is -0.594. The predicted octanol–water partition coefficient (Wildman–Crippen LogP) is 1.64. The lowest BCUT2D eigenvalue weighted by molar-refractivity contribution is 0.0682. The van der Waals surface area contributed by atoms with E-state index < -0.39 is 17.1 Å². The number of amides is 1. The van der Waals surface area contributed by atoms with Gasteiger partial charge in [-0.25, -0.2) is 9.18 Å². The van der Waals surface area contributed by atoms with Gasteiger partial charge in [0.05, 0.1) is 10.9 Å². The van der Waals surface area contributed by atoms with Crippen LogP contribution in [0.15, 0.2) is 46.1 Å². The van der Waals surface area contributed by atoms with Crippen molar-refractivity contribution in [2.45, 2.75) is 18.9 Å². The average Bonchev–Trinajstić information content (AvgIpc) is 3.08. The Kier molecular flexibility index (Phi) is 4.18. The summed E-state index contributed by atoms with van der Waals surface area (Å²) in [6.07, 6.45) is 2.78. The number of carbonyl (C=O) groups is 1. The molecular weight excluding hydrogens is 351 g/mol. The minimum atomic E-state index is -0.527. The zero-order valence-electron chi connectivity index (χ0n) is 14.8. The monoisotopic (exact) mass is 370 g/mol. The molecule has 2 aromatic heterocycles. The quantitative estimate of drug-likeness (QED) is 0.745. The van der Waals surface area contributed by atoms with Crippen LogP contribution in [-0.4, -0.2) is 38.0 Å². The largest absolute Gasteiger partial charge is 0.347 e. The van der Waals surface area contributed by atoms with E-state index in [1.165, 1.54) is 12.1 Å². The van der Waals surface area contributed by atoms with Gasteiger partial charge in [0.1, 0.15) is 11.5 Å². The molecule has 0 spiro atoms. The molecule has 1 aliphatic heterocycles. The van der Waals surface area contributed by atoms with Crippen LogP contribution in [0.2, 0.25) is 0 Å². The van der Waals surface area contributed by atoms with Gasteiger partial charge in [-0.1, -0.05) is 0 Å². The van der Waals surface area contributed by atoms with Crippen LogP contribution in [0.1, 0.15) is 29.4 Å². The van der Waals surface area contributed by atoms with Crippen molar-refractivity contribution < 1.29 is 9.18 Å². The van der Waals surface area contributed by atoms with Crippen LogP contribution < -0.4 is 11.2 Å². The minimum Gasteiger partial charge on any atom is -0.347 e. The van der Waals surface area contributed by atoms with Gasteiger partial charge < -0.3 is 14.5 Å². The lowest BCUT2D eigenvalue weighted by atomic mass is 10.0. The highest BCUT2D eigenvalue weighted by Crippen LogP contribution is 2.22. The van der Waals surface area contributed by atoms with Crippen LogP contribution in [0.25, 0.3) is 10.9 Å². The normalized spacial score (nSPS) is 15.4. The zero-order chi connectivity index (χ0) is 19.1. The number of H-pyrrole nitrogens is 1. The van der Waals surface area contributed by atoms with Gasteiger partial charge >= 0.3 is 5.69 Å². The SMILES string of the molecule is Cn1cccc1C(=O)N1CCC(n2c(=O)[nH]c3ccc(F)cc3c2=O)CC1. The molecule has 0 aliphatic carbocycles. The number of benzene rings is 1. The standard InChI is InChI=1S/C19H19FN4O3/c1-22-8-2-3-16(22)18(26)23-9-6-13(7-10-23)24-17(25)14-11-12(20)4-5-15(14)21-19(24)27/h2-5,8,11,13H,6-7,9-10H2,1H3,(H,21,27). The smallest absolute Gasteiger partial charge is 0.329 e. The van der Waals surface area contributed by atoms with Crippen LogP contribution in [0, 0.1) is 5.82 Å². The Morgan fingerprint density at radius 3 is 2.59 bits per heavy atom. The first-order valence-corrected chi connectivity index (χ1v) is 8.80. The molecule has 1 fully saturated rings. The third-order valence-electron chi connectivity index (χ3n) is 5.17. The number of aromatic nitrogens is 3. The second-order valence-corrected chi connectivity index (χ2v) is 6.82. The molecule has 7 nitrogen and oxygen atoms in total. The maximum atomic E-state index is 13.5. The summed E-state index contributed by atoms with van der Waals surface area (Å²) in [6.45, 7) is 0.892. The van der Waals surface area contributed by atoms with E-state index in [1.807, 2.05) is 19.3 Å². The van der Waals surface area contributed by atoms with Crippen LogP contribution >= 0.6 is 0 Å². The molecule has 0 unspecified atom stereocenters. The summed E-state index contributed by atoms with van der Waals surface area (Å²) in [6, 6.07) is 6.98. The molecule has 27 heavy (non-hydrogen) atoms. The molecule has 0 bridgehead atoms. The Morgan fingerprint density at radius 2 is 1.93 bits per heavy atom. The van der Waals surface area contributed by atoms with Gasteiger partial charge in [-0.2, -0.15) is 0 Å². The van der Waals surface area contributed by atoms with Crippen molar-refractivity contribution in [3.63, 3.8) is 0 Å². The van der Waals surface area contributed by atoms with Gasteiger partial charge in [0.2, 0.25) is 0 Å². The molecule has 0 saturated carbocycles. The fourth-order valence-corrected chi connectivity index (χ4v) is 3.70. The Hall–Kier alpha value is -3.16. The lowest BCUT2D eigenvalue weighted by Crippen LogP contribution is -2.45. The number of hydrogen-bond acceptors (Lipinski definition) is 3. The molecule has 0 atom stereocenters. The molecule has 0 radical (unpaired) electrons. The highest BCUT2D eigenvalue weighted by Gasteiger charge is 2.27. The number of halogens is 1. The summed E-state index contributed by atoms with van der Waals surface area (Å²) < 4.78 is 16.4. The highest BCUT2D eigenvalue weighted by atomic mass is 19.1. The van der Waals surface area contributed by atoms with E-state index in [-0.39, 0.29) is 17.3 Å². The lowest BCUT2D eigenvalue weighted by Gasteiger charge is -2.32. The fourth-order valence-electron chi connectivity index (χ4n) is 3.70. The second-order valence-electron chi connectivity index (χ2n) is 6.82. The van der Waals surface area contributed by atoms with E-state index in [2.05, 4.69) is 4.98 Å². The Bertz CT molecular complexity index is 1140. The summed E-state index contributed by atoms with van der Waals surface area (Å²) in [5.41, 5.74) is -0.0876. The molecule has 3 aromatic rings. The van der Waals surface area contributed by atoms with Crippen LogP contribution in [0.3, 0.4) is 0 Å². The number of likely N-dealkylation sites (tertiary alicyclic amines) is 1. The second kappa shape index (κ2) is 6.53. The Labute approximate surface area is 153 Å². The summed E-state index contributed by atoms with van der Waals surface area (Å²) in [4.78, 5) is 42.1. The van der Waals surface area contributed by atoms with Crippen molar-refractivity contribution >= 4 is 16.8 Å². The summed E-state index contributed by atoms with van der Waals surface area (Å²) in [5, 5.41) is 0.150. The highest BCUT2D eigenvalue weighted by molar-refractivity contribution is 5.92. The first-order chi connectivity index (χ1) is 13.0. The predicted molar refractivity (Wildman–Crippen MR) is 98.4 cm³/mol. The molecule has 140 valence electrons. The van der Waals surface area contributed by atoms with Crippen molar-refractivity contribution in [3.8, 4) is 0 Å². The number of hydrogen-bond donors (Lipinski definition) is 1. The summed E-state index contributed by atoms with van der Waals surface area (Å²) >= 11 is 0. The van der Waals surface area contributed by atoms with E-state index in [9.17, 15) is 18.8 Å². The molecule has 1 saturated heterocycles. The minimum absolute atomic E-state index is 0.0669. The third kappa shape index (κ3) is 2.97. The van der Waals surface area contributed by atoms with Gasteiger partial charge in [-0.05, 0) is 43.2 Å². The van der Waals surface area contributed by atoms with Gasteiger partial charge in [0, 0.05) is 32.4 Å². The Balaban J connectivity index is 1.60. The van der Waals surface area contributed by atoms with Crippen molar-refractivity contribution in [1.29, 1.82) is 0 Å². The van der Waals surface area contributed by atoms with Crippen molar-refractivity contribution in [1.82, 2.24) is 19.0 Å². The van der Waals surface area contributed by atoms with Gasteiger partial charge in [0.25, 0.3) is 11.5 Å². The van der Waals surface area contributed by atoms with Crippen LogP contribution in [-0.2, 0) is 7.05 Å². The number of nitrogens with zero attached hydrogens (tertiary/aromatic N) is 3. The molecule has 1 amide bonds. The van der Waals surface area contributed by atoms with Crippen molar-refractivity contribution in [3.05, 3.63) is 68.9 Å². The first-order valence-electron chi connectivity index (χ1n) is 8.80. The van der Waals surface area contributed by atoms with Gasteiger partial charge in [0.15, 0.2) is 0 Å². The van der Waals surface area contributed by atoms with E-state index in [0.29, 0.717) is 37.1 Å². The van der Waals surface area contributed by atoms with E-state index in [1.54, 1.807) is 15.5 Å². The van der Waals surface area contributed by atoms with Crippen LogP contribution in [0.5, 0.6) is 0 Å². The molecule has 3 heterocycles. The molecule has 8 heteroatoms. The zero-order valence-corrected chi connectivity index (χ0v) is 14.8. The Morgan fingerprint density at radius 1 is 1.19 bits per heavy atom. The van der Waals surface area contributed by atoms with E-state index in [4.69, 9.17) is 0 Å². The number of piperidine rings is 1. The average molecular weight is 370 g/mol. The van der Waals surface area contributed by atoms with Gasteiger partial charge in [-0.3, -0.25) is 14.2 Å². The fraction of sp³-hybridized carbons (Fsp3) is 0.316. The number of carbonyl (C=O) groups excluding carboxylic acids is 1. The number of rotatable bonds is 2. The number of fused-ring (bicyclic) bond motifs is 1. The maximum absolute atomic E-state index is 13.5. The molecule has 1 aromatic carbocycles. The molecular formula is C19H19FN4O3. The number of nitrogens with one attached hydrogen (secondary N) is 1. The number of aryl methyl sites for hydroxylation is 1. The maximum Gasteiger partial charge on any atom is 0.329 e. The van der Waals surface area contributed by atoms with E-state index in [0.717, 1.165) is 10.6 Å². The van der Waals surface area contributed by atoms with Crippen molar-refractivity contribution in [2.75, 3.05) is 13.1 Å². The van der Waals surface area contributed by atoms with Gasteiger partial charge in [-0.15, -0.1) is 0 Å². The molecule has 1 aliphatic rings. The van der Waals surface area contributed by atoms with Crippen molar-refractivity contribution in [2.24, 2.45) is 7.05 Å². The van der Waals surface area contributed by atoms with Crippen LogP contribution in [0.4, 0.5) is 4.39 Å². The van der Waals surface area contributed by atoms with E-state index >= 15 is 0 Å². The number of aromatic amines is 1. The molecule has 4 rings (SSSR count). The first kappa shape index (κ1) is 17.3. The summed E-state index contributed by atoms with van der Waals surface area (Å²) in [7, 11) is 1.81. The topological polar surface area (TPSA) is 80.1 Å².